The van der Waals surface area contributed by atoms with E-state index in [1.165, 1.54) is 4.90 Å². The lowest BCUT2D eigenvalue weighted by atomic mass is 10.1. The molecule has 0 N–H and O–H groups in total. The van der Waals surface area contributed by atoms with Gasteiger partial charge in [0.1, 0.15) is 12.2 Å². The van der Waals surface area contributed by atoms with Crippen molar-refractivity contribution in [2.75, 3.05) is 26.2 Å². The molecule has 2 aliphatic heterocycles. The van der Waals surface area contributed by atoms with Crippen LogP contribution in [0.25, 0.3) is 0 Å². The van der Waals surface area contributed by atoms with Gasteiger partial charge in [-0.3, -0.25) is 14.5 Å². The van der Waals surface area contributed by atoms with Gasteiger partial charge in [0.25, 0.3) is 11.8 Å². The molecule has 0 bridgehead atoms. The van der Waals surface area contributed by atoms with Gasteiger partial charge < -0.3 is 19.3 Å². The van der Waals surface area contributed by atoms with E-state index in [1.807, 2.05) is 30.3 Å². The van der Waals surface area contributed by atoms with E-state index in [4.69, 9.17) is 9.47 Å². The maximum atomic E-state index is 12.9. The Labute approximate surface area is 216 Å². The van der Waals surface area contributed by atoms with Crippen molar-refractivity contribution < 1.29 is 28.7 Å². The summed E-state index contributed by atoms with van der Waals surface area (Å²) in [4.78, 5) is 55.6. The predicted octanol–water partition coefficient (Wildman–Crippen LogP) is 4.32. The molecular weight excluding hydrogens is 474 g/mol. The Morgan fingerprint density at radius 3 is 2.14 bits per heavy atom. The van der Waals surface area contributed by atoms with Crippen molar-refractivity contribution >= 4 is 24.0 Å². The van der Waals surface area contributed by atoms with Crippen LogP contribution in [0.2, 0.25) is 0 Å². The van der Waals surface area contributed by atoms with Crippen molar-refractivity contribution in [3.63, 3.8) is 0 Å². The summed E-state index contributed by atoms with van der Waals surface area (Å²) in [6.45, 7) is 6.70. The summed E-state index contributed by atoms with van der Waals surface area (Å²) in [6.07, 6.45) is 0.0610. The number of hydrogen-bond acceptors (Lipinski definition) is 6. The molecule has 9 nitrogen and oxygen atoms in total. The Bertz CT molecular complexity index is 1130. The van der Waals surface area contributed by atoms with Gasteiger partial charge in [-0.1, -0.05) is 42.5 Å². The molecule has 9 heteroatoms. The molecule has 0 aromatic heterocycles. The minimum atomic E-state index is -0.659. The SMILES string of the molecule is CC(C)(C)OC(=O)N1CCN(C(=O)OCc2ccccc2)CC1CCCN1C(=O)c2ccccc2C1=O. The van der Waals surface area contributed by atoms with Crippen LogP contribution in [0.15, 0.2) is 54.6 Å². The van der Waals surface area contributed by atoms with E-state index in [-0.39, 0.29) is 37.6 Å². The van der Waals surface area contributed by atoms with Crippen molar-refractivity contribution in [2.45, 2.75) is 51.9 Å². The molecule has 37 heavy (non-hydrogen) atoms. The van der Waals surface area contributed by atoms with Gasteiger partial charge in [-0.2, -0.15) is 0 Å². The van der Waals surface area contributed by atoms with Crippen molar-refractivity contribution in [1.82, 2.24) is 14.7 Å². The number of ether oxygens (including phenoxy) is 2. The Morgan fingerprint density at radius 2 is 1.51 bits per heavy atom. The van der Waals surface area contributed by atoms with Gasteiger partial charge in [0.15, 0.2) is 0 Å². The first kappa shape index (κ1) is 26.2. The van der Waals surface area contributed by atoms with Gasteiger partial charge >= 0.3 is 12.2 Å². The van der Waals surface area contributed by atoms with Crippen LogP contribution in [-0.4, -0.2) is 76.5 Å². The largest absolute Gasteiger partial charge is 0.445 e. The Balaban J connectivity index is 1.39. The average molecular weight is 508 g/mol. The quantitative estimate of drug-likeness (QED) is 0.541. The molecule has 0 aliphatic carbocycles. The Hall–Kier alpha value is -3.88. The van der Waals surface area contributed by atoms with Crippen LogP contribution in [0, 0.1) is 0 Å². The van der Waals surface area contributed by atoms with Crippen molar-refractivity contribution in [2.24, 2.45) is 0 Å². The highest BCUT2D eigenvalue weighted by Gasteiger charge is 2.37. The topological polar surface area (TPSA) is 96.5 Å². The van der Waals surface area contributed by atoms with Crippen LogP contribution < -0.4 is 0 Å². The number of benzene rings is 2. The maximum Gasteiger partial charge on any atom is 0.410 e. The van der Waals surface area contributed by atoms with Crippen LogP contribution in [0.3, 0.4) is 0 Å². The molecule has 0 saturated carbocycles. The van der Waals surface area contributed by atoms with E-state index in [9.17, 15) is 19.2 Å². The summed E-state index contributed by atoms with van der Waals surface area (Å²) >= 11 is 0. The van der Waals surface area contributed by atoms with E-state index in [1.54, 1.807) is 54.8 Å². The first-order valence-electron chi connectivity index (χ1n) is 12.5. The monoisotopic (exact) mass is 507 g/mol. The van der Waals surface area contributed by atoms with Crippen molar-refractivity contribution in [1.29, 1.82) is 0 Å². The number of fused-ring (bicyclic) bond motifs is 1. The van der Waals surface area contributed by atoms with Gasteiger partial charge in [0.2, 0.25) is 0 Å². The van der Waals surface area contributed by atoms with Crippen molar-refractivity contribution in [3.05, 3.63) is 71.3 Å². The zero-order valence-corrected chi connectivity index (χ0v) is 21.5. The maximum absolute atomic E-state index is 12.9. The highest BCUT2D eigenvalue weighted by molar-refractivity contribution is 6.21. The summed E-state index contributed by atoms with van der Waals surface area (Å²) in [7, 11) is 0. The third-order valence-electron chi connectivity index (χ3n) is 6.37. The number of nitrogens with zero attached hydrogens (tertiary/aromatic N) is 3. The summed E-state index contributed by atoms with van der Waals surface area (Å²) < 4.78 is 11.1. The number of carbonyl (C=O) groups excluding carboxylic acids is 4. The number of carbonyl (C=O) groups is 4. The number of rotatable bonds is 6. The minimum Gasteiger partial charge on any atom is -0.445 e. The third-order valence-corrected chi connectivity index (χ3v) is 6.37. The molecular formula is C28H33N3O6. The molecule has 2 aromatic rings. The predicted molar refractivity (Wildman–Crippen MR) is 136 cm³/mol. The molecule has 2 heterocycles. The number of imide groups is 1. The number of amides is 4. The average Bonchev–Trinajstić information content (AvgIpc) is 3.11. The van der Waals surface area contributed by atoms with Gasteiger partial charge in [0, 0.05) is 26.2 Å². The van der Waals surface area contributed by atoms with Crippen LogP contribution >= 0.6 is 0 Å². The van der Waals surface area contributed by atoms with E-state index in [0.717, 1.165) is 5.56 Å². The zero-order valence-electron chi connectivity index (χ0n) is 21.5. The van der Waals surface area contributed by atoms with E-state index >= 15 is 0 Å². The van der Waals surface area contributed by atoms with Crippen LogP contribution in [0.1, 0.15) is 59.9 Å². The van der Waals surface area contributed by atoms with Gasteiger partial charge in [-0.15, -0.1) is 0 Å². The van der Waals surface area contributed by atoms with Gasteiger partial charge in [0.05, 0.1) is 17.2 Å². The first-order chi connectivity index (χ1) is 17.6. The summed E-state index contributed by atoms with van der Waals surface area (Å²) in [5.41, 5.74) is 1.05. The van der Waals surface area contributed by atoms with Crippen LogP contribution in [-0.2, 0) is 16.1 Å². The minimum absolute atomic E-state index is 0.163. The second-order valence-corrected chi connectivity index (χ2v) is 10.3. The molecule has 0 spiro atoms. The summed E-state index contributed by atoms with van der Waals surface area (Å²) in [6, 6.07) is 15.9. The lowest BCUT2D eigenvalue weighted by molar-refractivity contribution is -0.00502. The molecule has 1 fully saturated rings. The molecule has 1 saturated heterocycles. The third kappa shape index (κ3) is 6.28. The van der Waals surface area contributed by atoms with Gasteiger partial charge in [-0.25, -0.2) is 9.59 Å². The fraction of sp³-hybridized carbons (Fsp3) is 0.429. The summed E-state index contributed by atoms with van der Waals surface area (Å²) in [5, 5.41) is 0. The van der Waals surface area contributed by atoms with E-state index < -0.39 is 17.8 Å². The van der Waals surface area contributed by atoms with Crippen LogP contribution in [0.5, 0.6) is 0 Å². The Kier molecular flexibility index (Phi) is 7.80. The zero-order chi connectivity index (χ0) is 26.6. The normalized spacial score (nSPS) is 17.6. The molecule has 4 rings (SSSR count). The Morgan fingerprint density at radius 1 is 0.892 bits per heavy atom. The molecule has 1 unspecified atom stereocenters. The first-order valence-corrected chi connectivity index (χ1v) is 12.5. The highest BCUT2D eigenvalue weighted by atomic mass is 16.6. The van der Waals surface area contributed by atoms with E-state index in [2.05, 4.69) is 0 Å². The lowest BCUT2D eigenvalue weighted by Gasteiger charge is -2.41. The smallest absolute Gasteiger partial charge is 0.410 e. The molecule has 4 amide bonds. The number of piperazine rings is 1. The molecule has 2 aliphatic rings. The van der Waals surface area contributed by atoms with Crippen molar-refractivity contribution in [3.8, 4) is 0 Å². The highest BCUT2D eigenvalue weighted by Crippen LogP contribution is 2.24. The second kappa shape index (κ2) is 11.0. The second-order valence-electron chi connectivity index (χ2n) is 10.3. The summed E-state index contributed by atoms with van der Waals surface area (Å²) in [5.74, 6) is -0.612. The standard InChI is InChI=1S/C28H33N3O6/c1-28(2,3)37-27(35)30-17-16-29(26(34)36-19-20-10-5-4-6-11-20)18-21(30)12-9-15-31-24(32)22-13-7-8-14-23(22)25(31)33/h4-8,10-11,13-14,21H,9,12,15-19H2,1-3H3. The fourth-order valence-corrected chi connectivity index (χ4v) is 4.57. The van der Waals surface area contributed by atoms with E-state index in [0.29, 0.717) is 37.1 Å². The van der Waals surface area contributed by atoms with Crippen LogP contribution in [0.4, 0.5) is 9.59 Å². The molecule has 196 valence electrons. The number of hydrogen-bond donors (Lipinski definition) is 0. The molecule has 0 radical (unpaired) electrons. The van der Waals surface area contributed by atoms with Gasteiger partial charge in [-0.05, 0) is 51.3 Å². The lowest BCUT2D eigenvalue weighted by Crippen LogP contribution is -2.57. The molecule has 1 atom stereocenters. The fourth-order valence-electron chi connectivity index (χ4n) is 4.57. The molecule has 2 aromatic carbocycles.